The lowest BCUT2D eigenvalue weighted by molar-refractivity contribution is 0.376. The summed E-state index contributed by atoms with van der Waals surface area (Å²) in [5.74, 6) is 3.04. The average molecular weight is 170 g/mol. The molecular weight excluding hydrogens is 144 g/mol. The molecule has 1 saturated carbocycles. The first-order valence-corrected chi connectivity index (χ1v) is 5.74. The van der Waals surface area contributed by atoms with Gasteiger partial charge in [-0.25, -0.2) is 0 Å². The van der Waals surface area contributed by atoms with Crippen LogP contribution in [-0.4, -0.2) is 0 Å². The minimum Gasteiger partial charge on any atom is -0.0683 e. The highest BCUT2D eigenvalue weighted by Crippen LogP contribution is 2.36. The van der Waals surface area contributed by atoms with Crippen LogP contribution in [0.3, 0.4) is 0 Å². The lowest BCUT2D eigenvalue weighted by atomic mass is 9.93. The maximum Gasteiger partial charge on any atom is -0.0388 e. The van der Waals surface area contributed by atoms with Gasteiger partial charge in [-0.3, -0.25) is 0 Å². The molecule has 0 heterocycles. The van der Waals surface area contributed by atoms with Gasteiger partial charge in [0.2, 0.25) is 0 Å². The second-order valence-electron chi connectivity index (χ2n) is 4.09. The molecule has 0 spiro atoms. The second-order valence-corrected chi connectivity index (χ2v) is 4.09. The topological polar surface area (TPSA) is 0 Å². The summed E-state index contributed by atoms with van der Waals surface area (Å²) in [5, 5.41) is 0. The molecule has 12 heavy (non-hydrogen) atoms. The monoisotopic (exact) mass is 170 g/mol. The molecule has 0 nitrogen and oxygen atoms in total. The van der Waals surface area contributed by atoms with Crippen LogP contribution in [0.2, 0.25) is 0 Å². The highest BCUT2D eigenvalue weighted by Gasteiger charge is 2.24. The molecule has 1 aliphatic carbocycles. The van der Waals surface area contributed by atoms with Gasteiger partial charge in [-0.2, -0.15) is 0 Å². The zero-order valence-electron chi connectivity index (χ0n) is 9.56. The molecule has 0 saturated heterocycles. The summed E-state index contributed by atoms with van der Waals surface area (Å²) in [6, 6.07) is 0. The highest BCUT2D eigenvalue weighted by atomic mass is 14.3. The smallest absolute Gasteiger partial charge is 0.0388 e. The van der Waals surface area contributed by atoms with E-state index in [1.807, 2.05) is 13.8 Å². The molecule has 1 aliphatic rings. The minimum absolute atomic E-state index is 0.927. The fraction of sp³-hybridized carbons (Fsp3) is 1.00. The third-order valence-electron chi connectivity index (χ3n) is 3.10. The van der Waals surface area contributed by atoms with Gasteiger partial charge in [0.15, 0.2) is 0 Å². The summed E-state index contributed by atoms with van der Waals surface area (Å²) in [5.41, 5.74) is 0. The van der Waals surface area contributed by atoms with Crippen molar-refractivity contribution >= 4 is 0 Å². The molecule has 0 radical (unpaired) electrons. The van der Waals surface area contributed by atoms with Crippen molar-refractivity contribution in [3.63, 3.8) is 0 Å². The van der Waals surface area contributed by atoms with Crippen LogP contribution >= 0.6 is 0 Å². The Morgan fingerprint density at radius 3 is 2.00 bits per heavy atom. The lowest BCUT2D eigenvalue weighted by Gasteiger charge is -2.13. The minimum atomic E-state index is 0.927. The van der Waals surface area contributed by atoms with Gasteiger partial charge in [0, 0.05) is 0 Å². The van der Waals surface area contributed by atoms with E-state index in [9.17, 15) is 0 Å². The van der Waals surface area contributed by atoms with Crippen LogP contribution < -0.4 is 0 Å². The van der Waals surface area contributed by atoms with Crippen LogP contribution in [0.15, 0.2) is 0 Å². The Hall–Kier alpha value is 0. The Bertz CT molecular complexity index is 94.2. The SMILES string of the molecule is CC.CCC1CCC(C(C)C)C1. The molecule has 0 aromatic heterocycles. The maximum absolute atomic E-state index is 2.36. The molecule has 0 heteroatoms. The van der Waals surface area contributed by atoms with Gasteiger partial charge in [-0.15, -0.1) is 0 Å². The van der Waals surface area contributed by atoms with Crippen molar-refractivity contribution in [3.05, 3.63) is 0 Å². The Balaban J connectivity index is 0.000000561. The number of hydrogen-bond acceptors (Lipinski definition) is 0. The molecule has 0 aromatic carbocycles. The normalized spacial score (nSPS) is 28.5. The quantitative estimate of drug-likeness (QED) is 0.572. The molecule has 0 aliphatic heterocycles. The molecule has 74 valence electrons. The molecule has 0 amide bonds. The zero-order valence-corrected chi connectivity index (χ0v) is 9.56. The summed E-state index contributed by atoms with van der Waals surface area (Å²) in [7, 11) is 0. The van der Waals surface area contributed by atoms with E-state index in [0.29, 0.717) is 0 Å². The van der Waals surface area contributed by atoms with Crippen LogP contribution in [0.25, 0.3) is 0 Å². The molecule has 0 N–H and O–H groups in total. The van der Waals surface area contributed by atoms with Crippen LogP contribution in [0.1, 0.15) is 60.3 Å². The van der Waals surface area contributed by atoms with Crippen LogP contribution in [0, 0.1) is 17.8 Å². The average Bonchev–Trinajstić information content (AvgIpc) is 2.55. The van der Waals surface area contributed by atoms with E-state index in [2.05, 4.69) is 20.8 Å². The van der Waals surface area contributed by atoms with E-state index in [1.165, 1.54) is 25.7 Å². The highest BCUT2D eigenvalue weighted by molar-refractivity contribution is 4.76. The molecule has 2 unspecified atom stereocenters. The Morgan fingerprint density at radius 2 is 1.75 bits per heavy atom. The zero-order chi connectivity index (χ0) is 9.56. The second kappa shape index (κ2) is 6.51. The summed E-state index contributed by atoms with van der Waals surface area (Å²) < 4.78 is 0. The van der Waals surface area contributed by atoms with E-state index in [0.717, 1.165) is 17.8 Å². The summed E-state index contributed by atoms with van der Waals surface area (Å²) in [4.78, 5) is 0. The Labute approximate surface area is 78.8 Å². The summed E-state index contributed by atoms with van der Waals surface area (Å²) in [6.07, 6.45) is 5.91. The predicted molar refractivity (Wildman–Crippen MR) is 57.3 cm³/mol. The van der Waals surface area contributed by atoms with Crippen LogP contribution in [-0.2, 0) is 0 Å². The fourth-order valence-electron chi connectivity index (χ4n) is 2.09. The summed E-state index contributed by atoms with van der Waals surface area (Å²) in [6.45, 7) is 11.1. The van der Waals surface area contributed by atoms with Gasteiger partial charge < -0.3 is 0 Å². The van der Waals surface area contributed by atoms with Crippen molar-refractivity contribution in [1.29, 1.82) is 0 Å². The van der Waals surface area contributed by atoms with Gasteiger partial charge in [-0.05, 0) is 30.6 Å². The van der Waals surface area contributed by atoms with Crippen molar-refractivity contribution in [1.82, 2.24) is 0 Å². The lowest BCUT2D eigenvalue weighted by Crippen LogP contribution is -2.03. The van der Waals surface area contributed by atoms with E-state index < -0.39 is 0 Å². The largest absolute Gasteiger partial charge is 0.0683 e. The number of hydrogen-bond donors (Lipinski definition) is 0. The molecular formula is C12H26. The van der Waals surface area contributed by atoms with Crippen molar-refractivity contribution < 1.29 is 0 Å². The van der Waals surface area contributed by atoms with Crippen LogP contribution in [0.4, 0.5) is 0 Å². The van der Waals surface area contributed by atoms with E-state index in [-0.39, 0.29) is 0 Å². The molecule has 0 bridgehead atoms. The fourth-order valence-corrected chi connectivity index (χ4v) is 2.09. The molecule has 0 aromatic rings. The van der Waals surface area contributed by atoms with Gasteiger partial charge in [0.1, 0.15) is 0 Å². The third kappa shape index (κ3) is 3.60. The maximum atomic E-state index is 2.36. The van der Waals surface area contributed by atoms with E-state index in [1.54, 1.807) is 0 Å². The Morgan fingerprint density at radius 1 is 1.17 bits per heavy atom. The predicted octanol–water partition coefficient (Wildman–Crippen LogP) is 4.49. The van der Waals surface area contributed by atoms with Gasteiger partial charge in [-0.1, -0.05) is 47.5 Å². The first-order chi connectivity index (χ1) is 5.74. The van der Waals surface area contributed by atoms with E-state index in [4.69, 9.17) is 0 Å². The van der Waals surface area contributed by atoms with Crippen molar-refractivity contribution in [2.24, 2.45) is 17.8 Å². The van der Waals surface area contributed by atoms with Gasteiger partial charge >= 0.3 is 0 Å². The standard InChI is InChI=1S/C10H20.C2H6/c1-4-9-5-6-10(7-9)8(2)3;1-2/h8-10H,4-7H2,1-3H3;1-2H3. The van der Waals surface area contributed by atoms with Crippen LogP contribution in [0.5, 0.6) is 0 Å². The van der Waals surface area contributed by atoms with Gasteiger partial charge in [0.05, 0.1) is 0 Å². The van der Waals surface area contributed by atoms with E-state index >= 15 is 0 Å². The molecule has 2 atom stereocenters. The third-order valence-corrected chi connectivity index (χ3v) is 3.10. The molecule has 1 rings (SSSR count). The van der Waals surface area contributed by atoms with Gasteiger partial charge in [0.25, 0.3) is 0 Å². The number of rotatable bonds is 2. The van der Waals surface area contributed by atoms with Crippen molar-refractivity contribution in [2.45, 2.75) is 60.3 Å². The molecule has 1 fully saturated rings. The first-order valence-electron chi connectivity index (χ1n) is 5.74. The Kier molecular flexibility index (Phi) is 6.51. The summed E-state index contributed by atoms with van der Waals surface area (Å²) >= 11 is 0. The van der Waals surface area contributed by atoms with Crippen molar-refractivity contribution in [2.75, 3.05) is 0 Å². The first kappa shape index (κ1) is 12.0. The van der Waals surface area contributed by atoms with Crippen molar-refractivity contribution in [3.8, 4) is 0 Å².